The zero-order valence-electron chi connectivity index (χ0n) is 17.9. The standard InChI is InChI=1S/C27H23NO5/c29-15-7-14-28-24(19-10-6-11-20(16-19)32-17-18-8-2-1-3-9-18)23-25(30)21-12-4-5-13-22(21)33-26(23)27(28)31/h1-6,8-13,16,24,29H,7,14-15,17H2. The molecule has 6 nitrogen and oxygen atoms in total. The number of carbonyl (C=O) groups excluding carboxylic acids is 1. The second-order valence-corrected chi connectivity index (χ2v) is 8.00. The van der Waals surface area contributed by atoms with Gasteiger partial charge in [-0.3, -0.25) is 9.59 Å². The van der Waals surface area contributed by atoms with Crippen LogP contribution in [0.25, 0.3) is 11.0 Å². The van der Waals surface area contributed by atoms with E-state index in [1.807, 2.05) is 54.6 Å². The van der Waals surface area contributed by atoms with Crippen LogP contribution >= 0.6 is 0 Å². The molecule has 1 aliphatic rings. The van der Waals surface area contributed by atoms with Crippen molar-refractivity contribution in [1.29, 1.82) is 0 Å². The Morgan fingerprint density at radius 2 is 1.73 bits per heavy atom. The molecule has 2 heterocycles. The molecule has 166 valence electrons. The van der Waals surface area contributed by atoms with Gasteiger partial charge in [0.1, 0.15) is 17.9 Å². The number of nitrogens with zero attached hydrogens (tertiary/aromatic N) is 1. The molecule has 1 unspecified atom stereocenters. The molecule has 5 rings (SSSR count). The smallest absolute Gasteiger partial charge is 0.290 e. The van der Waals surface area contributed by atoms with Crippen LogP contribution in [0.2, 0.25) is 0 Å². The van der Waals surface area contributed by atoms with E-state index in [2.05, 4.69) is 0 Å². The predicted molar refractivity (Wildman–Crippen MR) is 124 cm³/mol. The minimum atomic E-state index is -0.611. The maximum Gasteiger partial charge on any atom is 0.290 e. The number of para-hydroxylation sites is 1. The Morgan fingerprint density at radius 1 is 0.939 bits per heavy atom. The quantitative estimate of drug-likeness (QED) is 0.463. The largest absolute Gasteiger partial charge is 0.489 e. The Kier molecular flexibility index (Phi) is 5.67. The van der Waals surface area contributed by atoms with E-state index in [4.69, 9.17) is 9.15 Å². The summed E-state index contributed by atoms with van der Waals surface area (Å²) in [7, 11) is 0. The third kappa shape index (κ3) is 3.90. The fourth-order valence-electron chi connectivity index (χ4n) is 4.30. The van der Waals surface area contributed by atoms with Crippen molar-refractivity contribution in [2.24, 2.45) is 0 Å². The Labute approximate surface area is 190 Å². The average molecular weight is 441 g/mol. The fraction of sp³-hybridized carbons (Fsp3) is 0.185. The van der Waals surface area contributed by atoms with E-state index in [9.17, 15) is 14.7 Å². The lowest BCUT2D eigenvalue weighted by Crippen LogP contribution is -2.31. The Morgan fingerprint density at radius 3 is 2.55 bits per heavy atom. The minimum Gasteiger partial charge on any atom is -0.489 e. The molecule has 3 aromatic carbocycles. The normalized spacial score (nSPS) is 15.1. The highest BCUT2D eigenvalue weighted by atomic mass is 16.5. The van der Waals surface area contributed by atoms with Gasteiger partial charge in [0.25, 0.3) is 5.91 Å². The number of rotatable bonds is 7. The molecule has 1 atom stereocenters. The van der Waals surface area contributed by atoms with Gasteiger partial charge in [0, 0.05) is 13.2 Å². The lowest BCUT2D eigenvalue weighted by molar-refractivity contribution is 0.0716. The van der Waals surface area contributed by atoms with Crippen LogP contribution in [0.5, 0.6) is 5.75 Å². The van der Waals surface area contributed by atoms with Crippen LogP contribution in [0.3, 0.4) is 0 Å². The molecule has 0 fully saturated rings. The van der Waals surface area contributed by atoms with Crippen molar-refractivity contribution in [3.63, 3.8) is 0 Å². The monoisotopic (exact) mass is 441 g/mol. The molecule has 0 spiro atoms. The van der Waals surface area contributed by atoms with E-state index in [1.54, 1.807) is 29.2 Å². The molecule has 1 aromatic heterocycles. The molecule has 1 aliphatic heterocycles. The summed E-state index contributed by atoms with van der Waals surface area (Å²) >= 11 is 0. The number of fused-ring (bicyclic) bond motifs is 2. The first-order chi connectivity index (χ1) is 16.2. The zero-order chi connectivity index (χ0) is 22.8. The zero-order valence-corrected chi connectivity index (χ0v) is 17.9. The fourth-order valence-corrected chi connectivity index (χ4v) is 4.30. The second kappa shape index (κ2) is 8.92. The molecular weight excluding hydrogens is 418 g/mol. The summed E-state index contributed by atoms with van der Waals surface area (Å²) in [5.74, 6) is 0.365. The van der Waals surface area contributed by atoms with Gasteiger partial charge in [-0.2, -0.15) is 0 Å². The van der Waals surface area contributed by atoms with Crippen LogP contribution in [-0.4, -0.2) is 29.1 Å². The highest BCUT2D eigenvalue weighted by Gasteiger charge is 2.42. The Balaban J connectivity index is 1.57. The van der Waals surface area contributed by atoms with E-state index in [1.165, 1.54) is 0 Å². The maximum atomic E-state index is 13.4. The van der Waals surface area contributed by atoms with Crippen LogP contribution in [0.4, 0.5) is 0 Å². The van der Waals surface area contributed by atoms with Crippen molar-refractivity contribution in [2.45, 2.75) is 19.1 Å². The van der Waals surface area contributed by atoms with Crippen LogP contribution in [0, 0.1) is 0 Å². The second-order valence-electron chi connectivity index (χ2n) is 8.00. The summed E-state index contributed by atoms with van der Waals surface area (Å²) in [6.07, 6.45) is 0.397. The van der Waals surface area contributed by atoms with Gasteiger partial charge in [-0.1, -0.05) is 54.6 Å². The number of hydrogen-bond acceptors (Lipinski definition) is 5. The van der Waals surface area contributed by atoms with E-state index in [0.717, 1.165) is 11.1 Å². The number of aliphatic hydroxyl groups excluding tert-OH is 1. The number of aliphatic hydroxyl groups is 1. The molecule has 0 radical (unpaired) electrons. The highest BCUT2D eigenvalue weighted by molar-refractivity contribution is 5.99. The number of benzene rings is 3. The Bertz CT molecular complexity index is 1360. The van der Waals surface area contributed by atoms with Crippen molar-refractivity contribution < 1.29 is 19.1 Å². The summed E-state index contributed by atoms with van der Waals surface area (Å²) in [5.41, 5.74) is 2.30. The average Bonchev–Trinajstić information content (AvgIpc) is 3.14. The summed E-state index contributed by atoms with van der Waals surface area (Å²) in [4.78, 5) is 28.3. The van der Waals surface area contributed by atoms with Gasteiger partial charge in [0.15, 0.2) is 5.43 Å². The molecule has 0 aliphatic carbocycles. The van der Waals surface area contributed by atoms with Gasteiger partial charge < -0.3 is 19.2 Å². The predicted octanol–water partition coefficient (Wildman–Crippen LogP) is 4.30. The number of amides is 1. The van der Waals surface area contributed by atoms with Gasteiger partial charge in [0.2, 0.25) is 5.76 Å². The summed E-state index contributed by atoms with van der Waals surface area (Å²) in [6.45, 7) is 0.650. The van der Waals surface area contributed by atoms with Crippen LogP contribution in [0.15, 0.2) is 88.1 Å². The van der Waals surface area contributed by atoms with Gasteiger partial charge in [-0.15, -0.1) is 0 Å². The topological polar surface area (TPSA) is 80.0 Å². The maximum absolute atomic E-state index is 13.4. The third-order valence-corrected chi connectivity index (χ3v) is 5.85. The van der Waals surface area contributed by atoms with E-state index < -0.39 is 6.04 Å². The molecule has 0 bridgehead atoms. The van der Waals surface area contributed by atoms with Gasteiger partial charge in [-0.25, -0.2) is 0 Å². The van der Waals surface area contributed by atoms with Crippen molar-refractivity contribution in [2.75, 3.05) is 13.2 Å². The Hall–Kier alpha value is -3.90. The summed E-state index contributed by atoms with van der Waals surface area (Å²) in [5, 5.41) is 9.81. The van der Waals surface area contributed by atoms with Crippen LogP contribution in [-0.2, 0) is 6.61 Å². The van der Waals surface area contributed by atoms with Gasteiger partial charge in [0.05, 0.1) is 17.0 Å². The molecule has 0 saturated heterocycles. The molecule has 1 amide bonds. The number of carbonyl (C=O) groups is 1. The highest BCUT2D eigenvalue weighted by Crippen LogP contribution is 2.39. The van der Waals surface area contributed by atoms with Crippen molar-refractivity contribution in [3.05, 3.63) is 112 Å². The first-order valence-electron chi connectivity index (χ1n) is 10.9. The molecule has 6 heteroatoms. The minimum absolute atomic E-state index is 0.0591. The van der Waals surface area contributed by atoms with Crippen molar-refractivity contribution in [1.82, 2.24) is 4.90 Å². The first kappa shape index (κ1) is 21.0. The number of hydrogen-bond donors (Lipinski definition) is 1. The van der Waals surface area contributed by atoms with Crippen molar-refractivity contribution in [3.8, 4) is 5.75 Å². The lowest BCUT2D eigenvalue weighted by Gasteiger charge is -2.25. The molecule has 1 N–H and O–H groups in total. The van der Waals surface area contributed by atoms with E-state index in [0.29, 0.717) is 41.9 Å². The van der Waals surface area contributed by atoms with Gasteiger partial charge >= 0.3 is 0 Å². The molecule has 0 saturated carbocycles. The molecule has 33 heavy (non-hydrogen) atoms. The summed E-state index contributed by atoms with van der Waals surface area (Å²) in [6, 6.07) is 23.6. The first-order valence-corrected chi connectivity index (χ1v) is 10.9. The lowest BCUT2D eigenvalue weighted by atomic mass is 9.98. The van der Waals surface area contributed by atoms with Gasteiger partial charge in [-0.05, 0) is 41.8 Å². The van der Waals surface area contributed by atoms with E-state index >= 15 is 0 Å². The van der Waals surface area contributed by atoms with E-state index in [-0.39, 0.29) is 23.7 Å². The molecule has 4 aromatic rings. The van der Waals surface area contributed by atoms with Crippen LogP contribution < -0.4 is 10.2 Å². The molecular formula is C27H23NO5. The SMILES string of the molecule is O=C1c2oc3ccccc3c(=O)c2C(c2cccc(OCc3ccccc3)c2)N1CCCO. The van der Waals surface area contributed by atoms with Crippen molar-refractivity contribution >= 4 is 16.9 Å². The number of ether oxygens (including phenoxy) is 1. The van der Waals surface area contributed by atoms with Crippen LogP contribution in [0.1, 0.15) is 39.7 Å². The third-order valence-electron chi connectivity index (χ3n) is 5.85. The summed E-state index contributed by atoms with van der Waals surface area (Å²) < 4.78 is 11.9.